The third-order valence-corrected chi connectivity index (χ3v) is 5.02. The fourth-order valence-corrected chi connectivity index (χ4v) is 3.55. The first-order valence-corrected chi connectivity index (χ1v) is 9.86. The van der Waals surface area contributed by atoms with Gasteiger partial charge in [0, 0.05) is 37.8 Å². The number of piperazine rings is 1. The monoisotopic (exact) mass is 411 g/mol. The molecule has 1 fully saturated rings. The number of nitrogens with one attached hydrogen (secondary N) is 1. The van der Waals surface area contributed by atoms with Crippen molar-refractivity contribution in [2.75, 3.05) is 42.2 Å². The smallest absolute Gasteiger partial charge is 0.322 e. The van der Waals surface area contributed by atoms with Crippen molar-refractivity contribution in [3.63, 3.8) is 0 Å². The van der Waals surface area contributed by atoms with Crippen LogP contribution in [-0.2, 0) is 0 Å². The number of carbonyl (C=O) groups is 1. The van der Waals surface area contributed by atoms with Gasteiger partial charge in [0.2, 0.25) is 17.8 Å². The van der Waals surface area contributed by atoms with E-state index in [1.165, 1.54) is 0 Å². The highest BCUT2D eigenvalue weighted by atomic mass is 16.5. The van der Waals surface area contributed by atoms with Crippen LogP contribution in [0.2, 0.25) is 0 Å². The molecule has 0 spiro atoms. The van der Waals surface area contributed by atoms with Crippen molar-refractivity contribution in [3.05, 3.63) is 30.1 Å². The highest BCUT2D eigenvalue weighted by molar-refractivity contribution is 5.90. The molecule has 3 aromatic rings. The fraction of sp³-hybridized carbons (Fsp3) is 0.421. The van der Waals surface area contributed by atoms with Crippen LogP contribution in [-0.4, -0.2) is 67.8 Å². The van der Waals surface area contributed by atoms with Crippen molar-refractivity contribution >= 4 is 29.3 Å². The summed E-state index contributed by atoms with van der Waals surface area (Å²) in [5.74, 6) is 1.37. The van der Waals surface area contributed by atoms with Gasteiger partial charge >= 0.3 is 6.03 Å². The lowest BCUT2D eigenvalue weighted by Gasteiger charge is -2.40. The summed E-state index contributed by atoms with van der Waals surface area (Å²) in [5, 5.41) is 7.24. The van der Waals surface area contributed by atoms with E-state index >= 15 is 0 Å². The van der Waals surface area contributed by atoms with Crippen LogP contribution in [0.25, 0.3) is 5.65 Å². The molecule has 2 amide bonds. The Hall–Kier alpha value is -3.63. The Labute approximate surface area is 173 Å². The average Bonchev–Trinajstić information content (AvgIpc) is 3.18. The number of anilines is 3. The number of pyridine rings is 1. The van der Waals surface area contributed by atoms with Crippen LogP contribution in [0.4, 0.5) is 22.4 Å². The first-order valence-electron chi connectivity index (χ1n) is 9.86. The largest absolute Gasteiger partial charge is 0.478 e. The van der Waals surface area contributed by atoms with Crippen LogP contribution >= 0.6 is 0 Å². The van der Waals surface area contributed by atoms with Gasteiger partial charge in [0.25, 0.3) is 0 Å². The molecule has 0 bridgehead atoms. The molecular weight excluding hydrogens is 386 g/mol. The highest BCUT2D eigenvalue weighted by Gasteiger charge is 2.29. The van der Waals surface area contributed by atoms with Crippen LogP contribution in [0.1, 0.15) is 19.5 Å². The van der Waals surface area contributed by atoms with Gasteiger partial charge in [-0.3, -0.25) is 0 Å². The number of hydrogen-bond donors (Lipinski definition) is 2. The van der Waals surface area contributed by atoms with Gasteiger partial charge in [0.15, 0.2) is 5.65 Å². The van der Waals surface area contributed by atoms with Gasteiger partial charge in [-0.2, -0.15) is 19.6 Å². The standard InChI is InChI=1S/C19H25N9O2/c1-4-30-16-6-5-14(13(3)22-16)23-19(29)26-9-10-27(12(2)11-26)18-25-17(20)24-15-7-8-21-28(15)18/h5-8,12H,4,9-11H2,1-3H3,(H2,20,24)(H,23,29)/t12-/m0/s1. The number of nitrogens with zero attached hydrogens (tertiary/aromatic N) is 7. The Bertz CT molecular complexity index is 1070. The summed E-state index contributed by atoms with van der Waals surface area (Å²) in [6.07, 6.45) is 1.66. The van der Waals surface area contributed by atoms with Crippen LogP contribution in [0.5, 0.6) is 5.88 Å². The predicted octanol–water partition coefficient (Wildman–Crippen LogP) is 1.55. The van der Waals surface area contributed by atoms with E-state index in [0.717, 1.165) is 0 Å². The van der Waals surface area contributed by atoms with E-state index in [4.69, 9.17) is 10.5 Å². The molecule has 0 aromatic carbocycles. The molecule has 0 aliphatic carbocycles. The van der Waals surface area contributed by atoms with E-state index in [1.807, 2.05) is 26.8 Å². The number of nitrogen functional groups attached to an aromatic ring is 1. The number of rotatable bonds is 4. The van der Waals surface area contributed by atoms with Crippen LogP contribution < -0.4 is 20.7 Å². The first-order chi connectivity index (χ1) is 14.5. The van der Waals surface area contributed by atoms with Crippen molar-refractivity contribution in [2.45, 2.75) is 26.8 Å². The maximum Gasteiger partial charge on any atom is 0.322 e. The number of nitrogens with two attached hydrogens (primary N) is 1. The van der Waals surface area contributed by atoms with Gasteiger partial charge in [-0.25, -0.2) is 9.78 Å². The zero-order valence-electron chi connectivity index (χ0n) is 17.2. The average molecular weight is 411 g/mol. The van der Waals surface area contributed by atoms with E-state index in [-0.39, 0.29) is 18.0 Å². The van der Waals surface area contributed by atoms with Crippen LogP contribution in [0.3, 0.4) is 0 Å². The maximum absolute atomic E-state index is 12.8. The van der Waals surface area contributed by atoms with Crippen LogP contribution in [0, 0.1) is 6.92 Å². The maximum atomic E-state index is 12.8. The molecule has 1 saturated heterocycles. The number of aromatic nitrogens is 5. The molecule has 0 unspecified atom stereocenters. The Balaban J connectivity index is 1.45. The second kappa shape index (κ2) is 8.01. The SMILES string of the molecule is CCOc1ccc(NC(=O)N2CCN(c3nc(N)nc4ccnn34)[C@@H](C)C2)c(C)n1. The molecule has 4 rings (SSSR count). The van der Waals surface area contributed by atoms with E-state index in [1.54, 1.807) is 27.7 Å². The molecule has 1 aliphatic heterocycles. The number of amides is 2. The molecule has 11 nitrogen and oxygen atoms in total. The van der Waals surface area contributed by atoms with Crippen molar-refractivity contribution in [1.82, 2.24) is 29.5 Å². The number of fused-ring (bicyclic) bond motifs is 1. The van der Waals surface area contributed by atoms with Crippen molar-refractivity contribution in [3.8, 4) is 5.88 Å². The molecular formula is C19H25N9O2. The molecule has 11 heteroatoms. The Kier molecular flexibility index (Phi) is 5.25. The lowest BCUT2D eigenvalue weighted by Crippen LogP contribution is -2.55. The summed E-state index contributed by atoms with van der Waals surface area (Å²) in [7, 11) is 0. The number of urea groups is 1. The number of aryl methyl sites for hydroxylation is 1. The minimum Gasteiger partial charge on any atom is -0.478 e. The highest BCUT2D eigenvalue weighted by Crippen LogP contribution is 2.22. The number of hydrogen-bond acceptors (Lipinski definition) is 8. The summed E-state index contributed by atoms with van der Waals surface area (Å²) in [6, 6.07) is 5.20. The minimum absolute atomic E-state index is 0.0192. The lowest BCUT2D eigenvalue weighted by molar-refractivity contribution is 0.199. The third-order valence-electron chi connectivity index (χ3n) is 5.02. The second-order valence-corrected chi connectivity index (χ2v) is 7.12. The summed E-state index contributed by atoms with van der Waals surface area (Å²) in [6.45, 7) is 7.99. The molecule has 30 heavy (non-hydrogen) atoms. The minimum atomic E-state index is -0.165. The van der Waals surface area contributed by atoms with Crippen molar-refractivity contribution < 1.29 is 9.53 Å². The quantitative estimate of drug-likeness (QED) is 0.662. The summed E-state index contributed by atoms with van der Waals surface area (Å²) in [5.41, 5.74) is 7.88. The topological polar surface area (TPSA) is 127 Å². The third kappa shape index (κ3) is 3.78. The van der Waals surface area contributed by atoms with Gasteiger partial charge in [0.1, 0.15) is 0 Å². The van der Waals surface area contributed by atoms with Gasteiger partial charge in [0.05, 0.1) is 24.2 Å². The zero-order chi connectivity index (χ0) is 21.3. The fourth-order valence-electron chi connectivity index (χ4n) is 3.55. The lowest BCUT2D eigenvalue weighted by atomic mass is 10.2. The Morgan fingerprint density at radius 3 is 2.83 bits per heavy atom. The normalized spacial score (nSPS) is 16.7. The molecule has 0 radical (unpaired) electrons. The number of carbonyl (C=O) groups excluding carboxylic acids is 1. The Morgan fingerprint density at radius 1 is 1.27 bits per heavy atom. The van der Waals surface area contributed by atoms with Crippen LogP contribution in [0.15, 0.2) is 24.4 Å². The van der Waals surface area contributed by atoms with Crippen molar-refractivity contribution in [2.24, 2.45) is 0 Å². The van der Waals surface area contributed by atoms with Gasteiger partial charge in [-0.15, -0.1) is 0 Å². The predicted molar refractivity (Wildman–Crippen MR) is 113 cm³/mol. The number of ether oxygens (including phenoxy) is 1. The van der Waals surface area contributed by atoms with E-state index < -0.39 is 0 Å². The molecule has 4 heterocycles. The Morgan fingerprint density at radius 2 is 2.10 bits per heavy atom. The van der Waals surface area contributed by atoms with E-state index in [0.29, 0.717) is 55.1 Å². The molecule has 0 saturated carbocycles. The van der Waals surface area contributed by atoms with E-state index in [9.17, 15) is 4.79 Å². The molecule has 3 N–H and O–H groups in total. The van der Waals surface area contributed by atoms with Gasteiger partial charge < -0.3 is 25.6 Å². The summed E-state index contributed by atoms with van der Waals surface area (Å²) >= 11 is 0. The first kappa shape index (κ1) is 19.7. The van der Waals surface area contributed by atoms with Gasteiger partial charge in [-0.05, 0) is 26.8 Å². The molecule has 158 valence electrons. The molecule has 1 aliphatic rings. The summed E-state index contributed by atoms with van der Waals surface area (Å²) in [4.78, 5) is 29.6. The van der Waals surface area contributed by atoms with Crippen molar-refractivity contribution in [1.29, 1.82) is 0 Å². The van der Waals surface area contributed by atoms with E-state index in [2.05, 4.69) is 30.3 Å². The zero-order valence-corrected chi connectivity index (χ0v) is 17.2. The second-order valence-electron chi connectivity index (χ2n) is 7.12. The molecule has 1 atom stereocenters. The van der Waals surface area contributed by atoms with Gasteiger partial charge in [-0.1, -0.05) is 0 Å². The summed E-state index contributed by atoms with van der Waals surface area (Å²) < 4.78 is 7.06. The molecule has 3 aromatic heterocycles.